The Bertz CT molecular complexity index is 935. The molecule has 4 rings (SSSR count). The van der Waals surface area contributed by atoms with Crippen LogP contribution in [0.15, 0.2) is 61.0 Å². The smallest absolute Gasteiger partial charge is 0.145 e. The molecule has 0 fully saturated rings. The van der Waals surface area contributed by atoms with Gasteiger partial charge in [0.05, 0.1) is 22.6 Å². The molecule has 0 aliphatic heterocycles. The quantitative estimate of drug-likeness (QED) is 0.626. The Morgan fingerprint density at radius 3 is 2.75 bits per heavy atom. The first-order chi connectivity index (χ1) is 11.8. The van der Waals surface area contributed by atoms with Crippen LogP contribution in [0.5, 0.6) is 0 Å². The summed E-state index contributed by atoms with van der Waals surface area (Å²) in [6, 6.07) is 10.6. The lowest BCUT2D eigenvalue weighted by atomic mass is 10.1. The van der Waals surface area contributed by atoms with Gasteiger partial charge in [0.1, 0.15) is 5.82 Å². The largest absolute Gasteiger partial charge is 0.291 e. The van der Waals surface area contributed by atoms with Crippen LogP contribution < -0.4 is 0 Å². The molecule has 120 valence electrons. The topological polar surface area (TPSA) is 30.7 Å². The molecule has 0 saturated carbocycles. The number of aryl methyl sites for hydroxylation is 1. The second-order valence-electron chi connectivity index (χ2n) is 5.93. The van der Waals surface area contributed by atoms with Crippen molar-refractivity contribution >= 4 is 28.3 Å². The zero-order valence-electron chi connectivity index (χ0n) is 13.5. The summed E-state index contributed by atoms with van der Waals surface area (Å²) >= 11 is 6.18. The number of pyridine rings is 1. The summed E-state index contributed by atoms with van der Waals surface area (Å²) in [5.74, 6) is 0.935. The molecule has 1 atom stereocenters. The van der Waals surface area contributed by atoms with E-state index in [-0.39, 0.29) is 5.38 Å². The molecule has 3 nitrogen and oxygen atoms in total. The number of hydrogen-bond donors (Lipinski definition) is 0. The molecule has 24 heavy (non-hydrogen) atoms. The Morgan fingerprint density at radius 2 is 2.04 bits per heavy atom. The van der Waals surface area contributed by atoms with Crippen LogP contribution in [0.4, 0.5) is 0 Å². The SMILES string of the molecule is CCc1ccc(-c2nc3ccncc3n2C2=CCC(Cl)C=C2)cc1. The van der Waals surface area contributed by atoms with Gasteiger partial charge in [-0.25, -0.2) is 4.98 Å². The first-order valence-electron chi connectivity index (χ1n) is 8.21. The molecule has 2 heterocycles. The minimum absolute atomic E-state index is 0.0638. The van der Waals surface area contributed by atoms with Gasteiger partial charge in [0.2, 0.25) is 0 Å². The van der Waals surface area contributed by atoms with Crippen molar-refractivity contribution in [2.24, 2.45) is 0 Å². The summed E-state index contributed by atoms with van der Waals surface area (Å²) in [6.07, 6.45) is 11.8. The first kappa shape index (κ1) is 15.2. The molecule has 0 radical (unpaired) electrons. The van der Waals surface area contributed by atoms with Crippen LogP contribution in [0, 0.1) is 0 Å². The maximum atomic E-state index is 6.18. The van der Waals surface area contributed by atoms with E-state index in [0.29, 0.717) is 0 Å². The van der Waals surface area contributed by atoms with E-state index in [2.05, 4.69) is 52.9 Å². The number of rotatable bonds is 3. The molecule has 3 aromatic rings. The van der Waals surface area contributed by atoms with Crippen LogP contribution in [0.1, 0.15) is 18.9 Å². The Hall–Kier alpha value is -2.39. The highest BCUT2D eigenvalue weighted by Gasteiger charge is 2.16. The molecule has 0 amide bonds. The number of alkyl halides is 1. The number of allylic oxidation sites excluding steroid dienone is 4. The molecule has 0 spiro atoms. The fourth-order valence-corrected chi connectivity index (χ4v) is 3.18. The number of halogens is 1. The molecule has 1 aromatic carbocycles. The van der Waals surface area contributed by atoms with Crippen molar-refractivity contribution in [3.63, 3.8) is 0 Å². The molecule has 1 unspecified atom stereocenters. The predicted octanol–water partition coefficient (Wildman–Crippen LogP) is 5.07. The van der Waals surface area contributed by atoms with Crippen molar-refractivity contribution in [1.82, 2.24) is 14.5 Å². The molecule has 1 aliphatic rings. The first-order valence-corrected chi connectivity index (χ1v) is 8.64. The van der Waals surface area contributed by atoms with E-state index in [1.807, 2.05) is 18.3 Å². The van der Waals surface area contributed by atoms with Crippen molar-refractivity contribution in [3.8, 4) is 11.4 Å². The minimum Gasteiger partial charge on any atom is -0.291 e. The van der Waals surface area contributed by atoms with Crippen LogP contribution in [0.2, 0.25) is 0 Å². The van der Waals surface area contributed by atoms with E-state index in [4.69, 9.17) is 16.6 Å². The van der Waals surface area contributed by atoms with Crippen LogP contribution in [0.3, 0.4) is 0 Å². The number of imidazole rings is 1. The van der Waals surface area contributed by atoms with Crippen LogP contribution in [-0.2, 0) is 6.42 Å². The standard InChI is InChI=1S/C20H18ClN3/c1-2-14-3-5-15(6-4-14)20-23-18-11-12-22-13-19(18)24(20)17-9-7-16(21)8-10-17/h3-7,9-13,16H,2,8H2,1H3. The molecule has 2 aromatic heterocycles. The third-order valence-corrected chi connectivity index (χ3v) is 4.69. The summed E-state index contributed by atoms with van der Waals surface area (Å²) in [6.45, 7) is 2.16. The molecule has 4 heteroatoms. The second-order valence-corrected chi connectivity index (χ2v) is 6.49. The van der Waals surface area contributed by atoms with E-state index in [9.17, 15) is 0 Å². The lowest BCUT2D eigenvalue weighted by Crippen LogP contribution is -2.04. The van der Waals surface area contributed by atoms with Crippen molar-refractivity contribution in [2.75, 3.05) is 0 Å². The zero-order chi connectivity index (χ0) is 16.5. The van der Waals surface area contributed by atoms with Crippen molar-refractivity contribution in [2.45, 2.75) is 25.1 Å². The van der Waals surface area contributed by atoms with Gasteiger partial charge in [0, 0.05) is 17.5 Å². The molecule has 0 bridgehead atoms. The molecular formula is C20H18ClN3. The third-order valence-electron chi connectivity index (χ3n) is 4.36. The maximum absolute atomic E-state index is 6.18. The molecule has 1 aliphatic carbocycles. The number of aromatic nitrogens is 3. The highest BCUT2D eigenvalue weighted by molar-refractivity contribution is 6.22. The second kappa shape index (κ2) is 6.25. The molecule has 0 N–H and O–H groups in total. The number of benzene rings is 1. The van der Waals surface area contributed by atoms with E-state index in [1.165, 1.54) is 5.56 Å². The molecule has 0 saturated heterocycles. The summed E-state index contributed by atoms with van der Waals surface area (Å²) < 4.78 is 2.17. The van der Waals surface area contributed by atoms with E-state index in [0.717, 1.165) is 41.0 Å². The van der Waals surface area contributed by atoms with Crippen LogP contribution in [0.25, 0.3) is 28.1 Å². The number of fused-ring (bicyclic) bond motifs is 1. The fraction of sp³-hybridized carbons (Fsp3) is 0.200. The van der Waals surface area contributed by atoms with Gasteiger partial charge < -0.3 is 0 Å². The highest BCUT2D eigenvalue weighted by atomic mass is 35.5. The number of hydrogen-bond acceptors (Lipinski definition) is 2. The van der Waals surface area contributed by atoms with Gasteiger partial charge in [0.25, 0.3) is 0 Å². The molecular weight excluding hydrogens is 318 g/mol. The Kier molecular flexibility index (Phi) is 3.95. The van der Waals surface area contributed by atoms with E-state index >= 15 is 0 Å². The van der Waals surface area contributed by atoms with Gasteiger partial charge in [0.15, 0.2) is 0 Å². The van der Waals surface area contributed by atoms with Gasteiger partial charge in [-0.2, -0.15) is 0 Å². The Balaban J connectivity index is 1.91. The summed E-state index contributed by atoms with van der Waals surface area (Å²) in [5.41, 5.74) is 5.48. The fourth-order valence-electron chi connectivity index (χ4n) is 3.02. The van der Waals surface area contributed by atoms with Crippen molar-refractivity contribution in [3.05, 3.63) is 66.5 Å². The normalized spacial score (nSPS) is 17.2. The number of nitrogens with zero attached hydrogens (tertiary/aromatic N) is 3. The van der Waals surface area contributed by atoms with Gasteiger partial charge in [-0.3, -0.25) is 9.55 Å². The third kappa shape index (κ3) is 2.65. The summed E-state index contributed by atoms with van der Waals surface area (Å²) in [7, 11) is 0. The summed E-state index contributed by atoms with van der Waals surface area (Å²) in [5, 5.41) is 0.0638. The Morgan fingerprint density at radius 1 is 1.21 bits per heavy atom. The van der Waals surface area contributed by atoms with E-state index in [1.54, 1.807) is 6.20 Å². The minimum atomic E-state index is 0.0638. The van der Waals surface area contributed by atoms with Crippen LogP contribution >= 0.6 is 11.6 Å². The van der Waals surface area contributed by atoms with Crippen molar-refractivity contribution in [1.29, 1.82) is 0 Å². The lowest BCUT2D eigenvalue weighted by molar-refractivity contribution is 1.01. The van der Waals surface area contributed by atoms with Crippen molar-refractivity contribution < 1.29 is 0 Å². The van der Waals surface area contributed by atoms with Crippen LogP contribution in [-0.4, -0.2) is 19.9 Å². The average Bonchev–Trinajstić information content (AvgIpc) is 3.02. The monoisotopic (exact) mass is 335 g/mol. The zero-order valence-corrected chi connectivity index (χ0v) is 14.2. The highest BCUT2D eigenvalue weighted by Crippen LogP contribution is 2.30. The maximum Gasteiger partial charge on any atom is 0.145 e. The van der Waals surface area contributed by atoms with Gasteiger partial charge in [-0.15, -0.1) is 11.6 Å². The van der Waals surface area contributed by atoms with Gasteiger partial charge >= 0.3 is 0 Å². The average molecular weight is 336 g/mol. The Labute approximate surface area is 146 Å². The lowest BCUT2D eigenvalue weighted by Gasteiger charge is -2.15. The van der Waals surface area contributed by atoms with Gasteiger partial charge in [-0.05, 0) is 30.5 Å². The predicted molar refractivity (Wildman–Crippen MR) is 100 cm³/mol. The van der Waals surface area contributed by atoms with Gasteiger partial charge in [-0.1, -0.05) is 43.3 Å². The van der Waals surface area contributed by atoms with E-state index < -0.39 is 0 Å². The summed E-state index contributed by atoms with van der Waals surface area (Å²) in [4.78, 5) is 9.13.